The van der Waals surface area contributed by atoms with Crippen molar-refractivity contribution in [2.75, 3.05) is 0 Å². The van der Waals surface area contributed by atoms with Gasteiger partial charge in [0.1, 0.15) is 11.5 Å². The second kappa shape index (κ2) is 3.52. The third-order valence-corrected chi connectivity index (χ3v) is 2.88. The van der Waals surface area contributed by atoms with E-state index in [1.165, 1.54) is 25.3 Å². The number of phenols is 2. The number of hydrogen-bond donors (Lipinski definition) is 2. The average Bonchev–Trinajstić information content (AvgIpc) is 2.86. The Hall–Kier alpha value is -1.18. The first kappa shape index (κ1) is 9.38. The summed E-state index contributed by atoms with van der Waals surface area (Å²) in [6, 6.07) is 4.85. The smallest absolute Gasteiger partial charge is 0.119 e. The van der Waals surface area contributed by atoms with Crippen LogP contribution >= 0.6 is 0 Å². The number of aromatic hydroxyl groups is 2. The predicted octanol–water partition coefficient (Wildman–Crippen LogP) is 3.00. The zero-order chi connectivity index (χ0) is 10.1. The van der Waals surface area contributed by atoms with Crippen molar-refractivity contribution in [2.24, 2.45) is 5.92 Å². The molecule has 2 heteroatoms. The number of benzene rings is 1. The highest BCUT2D eigenvalue weighted by atomic mass is 16.3. The fourth-order valence-corrected chi connectivity index (χ4v) is 1.89. The zero-order valence-electron chi connectivity index (χ0n) is 8.40. The van der Waals surface area contributed by atoms with Crippen LogP contribution in [0, 0.1) is 5.92 Å². The van der Waals surface area contributed by atoms with Gasteiger partial charge < -0.3 is 10.2 Å². The molecule has 1 aromatic rings. The minimum atomic E-state index is 0.155. The standard InChI is InChI=1S/C12H16O2/c1-8(4-9-2-3-9)10-5-11(13)7-12(14)6-10/h5-9,13-14H,2-4H2,1H3. The van der Waals surface area contributed by atoms with Crippen molar-refractivity contribution in [3.63, 3.8) is 0 Å². The van der Waals surface area contributed by atoms with E-state index in [0.717, 1.165) is 11.5 Å². The van der Waals surface area contributed by atoms with Crippen LogP contribution < -0.4 is 0 Å². The van der Waals surface area contributed by atoms with Gasteiger partial charge in [0.25, 0.3) is 0 Å². The van der Waals surface area contributed by atoms with Crippen LogP contribution in [0.15, 0.2) is 18.2 Å². The minimum Gasteiger partial charge on any atom is -0.508 e. The lowest BCUT2D eigenvalue weighted by Gasteiger charge is -2.11. The summed E-state index contributed by atoms with van der Waals surface area (Å²) in [7, 11) is 0. The Morgan fingerprint density at radius 1 is 1.21 bits per heavy atom. The summed E-state index contributed by atoms with van der Waals surface area (Å²) in [5, 5.41) is 18.7. The van der Waals surface area contributed by atoms with E-state index in [-0.39, 0.29) is 11.5 Å². The molecule has 2 nitrogen and oxygen atoms in total. The van der Waals surface area contributed by atoms with Crippen LogP contribution in [-0.4, -0.2) is 10.2 Å². The molecule has 1 aliphatic carbocycles. The Morgan fingerprint density at radius 3 is 2.29 bits per heavy atom. The molecule has 2 rings (SSSR count). The molecule has 76 valence electrons. The fraction of sp³-hybridized carbons (Fsp3) is 0.500. The average molecular weight is 192 g/mol. The third-order valence-electron chi connectivity index (χ3n) is 2.88. The first-order chi connectivity index (χ1) is 6.65. The molecule has 1 atom stereocenters. The van der Waals surface area contributed by atoms with Gasteiger partial charge in [-0.3, -0.25) is 0 Å². The van der Waals surface area contributed by atoms with Gasteiger partial charge >= 0.3 is 0 Å². The summed E-state index contributed by atoms with van der Waals surface area (Å²) in [4.78, 5) is 0. The van der Waals surface area contributed by atoms with E-state index in [1.807, 2.05) is 0 Å². The number of phenolic OH excluding ortho intramolecular Hbond substituents is 2. The summed E-state index contributed by atoms with van der Waals surface area (Å²) >= 11 is 0. The van der Waals surface area contributed by atoms with E-state index in [2.05, 4.69) is 6.92 Å². The monoisotopic (exact) mass is 192 g/mol. The molecule has 1 aromatic carbocycles. The van der Waals surface area contributed by atoms with E-state index in [4.69, 9.17) is 0 Å². The van der Waals surface area contributed by atoms with Gasteiger partial charge in [0, 0.05) is 6.07 Å². The van der Waals surface area contributed by atoms with Crippen LogP contribution in [0.25, 0.3) is 0 Å². The van der Waals surface area contributed by atoms with Gasteiger partial charge in [0.2, 0.25) is 0 Å². The lowest BCUT2D eigenvalue weighted by Crippen LogP contribution is -1.94. The lowest BCUT2D eigenvalue weighted by molar-refractivity contribution is 0.447. The predicted molar refractivity (Wildman–Crippen MR) is 55.5 cm³/mol. The van der Waals surface area contributed by atoms with E-state index >= 15 is 0 Å². The Morgan fingerprint density at radius 2 is 1.79 bits per heavy atom. The molecule has 0 spiro atoms. The maximum absolute atomic E-state index is 9.33. The summed E-state index contributed by atoms with van der Waals surface area (Å²) < 4.78 is 0. The molecular formula is C12H16O2. The molecule has 0 aromatic heterocycles. The summed E-state index contributed by atoms with van der Waals surface area (Å²) in [5.74, 6) is 1.61. The first-order valence-electron chi connectivity index (χ1n) is 5.18. The zero-order valence-corrected chi connectivity index (χ0v) is 8.40. The molecule has 0 saturated heterocycles. The van der Waals surface area contributed by atoms with Gasteiger partial charge in [-0.05, 0) is 36.0 Å². The van der Waals surface area contributed by atoms with Crippen LogP contribution in [0.5, 0.6) is 11.5 Å². The van der Waals surface area contributed by atoms with Crippen LogP contribution in [0.1, 0.15) is 37.7 Å². The Bertz CT molecular complexity index is 309. The summed E-state index contributed by atoms with van der Waals surface area (Å²) in [5.41, 5.74) is 1.04. The highest BCUT2D eigenvalue weighted by molar-refractivity contribution is 5.38. The van der Waals surface area contributed by atoms with Crippen molar-refractivity contribution in [2.45, 2.75) is 32.1 Å². The van der Waals surface area contributed by atoms with Crippen molar-refractivity contribution < 1.29 is 10.2 Å². The van der Waals surface area contributed by atoms with E-state index < -0.39 is 0 Å². The number of rotatable bonds is 3. The molecular weight excluding hydrogens is 176 g/mol. The SMILES string of the molecule is CC(CC1CC1)c1cc(O)cc(O)c1. The van der Waals surface area contributed by atoms with Gasteiger partial charge in [-0.25, -0.2) is 0 Å². The molecule has 2 N–H and O–H groups in total. The second-order valence-corrected chi connectivity index (χ2v) is 4.36. The van der Waals surface area contributed by atoms with Gasteiger partial charge in [0.05, 0.1) is 0 Å². The van der Waals surface area contributed by atoms with Gasteiger partial charge in [-0.15, -0.1) is 0 Å². The second-order valence-electron chi connectivity index (χ2n) is 4.36. The Balaban J connectivity index is 2.12. The van der Waals surface area contributed by atoms with Crippen molar-refractivity contribution in [1.82, 2.24) is 0 Å². The molecule has 0 radical (unpaired) electrons. The largest absolute Gasteiger partial charge is 0.508 e. The molecule has 0 heterocycles. The van der Waals surface area contributed by atoms with E-state index in [0.29, 0.717) is 5.92 Å². The Kier molecular flexibility index (Phi) is 2.36. The molecule has 1 saturated carbocycles. The van der Waals surface area contributed by atoms with Gasteiger partial charge in [-0.2, -0.15) is 0 Å². The molecule has 1 fully saturated rings. The minimum absolute atomic E-state index is 0.155. The fourth-order valence-electron chi connectivity index (χ4n) is 1.89. The maximum atomic E-state index is 9.33. The molecule has 0 amide bonds. The highest BCUT2D eigenvalue weighted by Gasteiger charge is 2.24. The van der Waals surface area contributed by atoms with Gasteiger partial charge in [-0.1, -0.05) is 19.8 Å². The molecule has 0 bridgehead atoms. The quantitative estimate of drug-likeness (QED) is 0.772. The lowest BCUT2D eigenvalue weighted by atomic mass is 9.95. The molecule has 14 heavy (non-hydrogen) atoms. The van der Waals surface area contributed by atoms with Gasteiger partial charge in [0.15, 0.2) is 0 Å². The number of hydrogen-bond acceptors (Lipinski definition) is 2. The van der Waals surface area contributed by atoms with Crippen molar-refractivity contribution >= 4 is 0 Å². The first-order valence-corrected chi connectivity index (χ1v) is 5.18. The topological polar surface area (TPSA) is 40.5 Å². The van der Waals surface area contributed by atoms with Crippen molar-refractivity contribution in [3.8, 4) is 11.5 Å². The third kappa shape index (κ3) is 2.19. The highest BCUT2D eigenvalue weighted by Crippen LogP contribution is 2.39. The normalized spacial score (nSPS) is 18.1. The van der Waals surface area contributed by atoms with Crippen LogP contribution in [0.3, 0.4) is 0 Å². The molecule has 0 aliphatic heterocycles. The van der Waals surface area contributed by atoms with E-state index in [9.17, 15) is 10.2 Å². The van der Waals surface area contributed by atoms with Crippen LogP contribution in [0.2, 0.25) is 0 Å². The Labute approximate surface area is 84.2 Å². The summed E-state index contributed by atoms with van der Waals surface area (Å²) in [6.07, 6.45) is 3.85. The summed E-state index contributed by atoms with van der Waals surface area (Å²) in [6.45, 7) is 2.15. The molecule has 1 unspecified atom stereocenters. The van der Waals surface area contributed by atoms with Crippen LogP contribution in [-0.2, 0) is 0 Å². The van der Waals surface area contributed by atoms with Crippen molar-refractivity contribution in [3.05, 3.63) is 23.8 Å². The molecule has 1 aliphatic rings. The van der Waals surface area contributed by atoms with Crippen molar-refractivity contribution in [1.29, 1.82) is 0 Å². The maximum Gasteiger partial charge on any atom is 0.119 e. The van der Waals surface area contributed by atoms with E-state index in [1.54, 1.807) is 12.1 Å². The van der Waals surface area contributed by atoms with Crippen LogP contribution in [0.4, 0.5) is 0 Å².